The highest BCUT2D eigenvalue weighted by Crippen LogP contribution is 2.42. The Hall–Kier alpha value is -3.29. The molecule has 0 fully saturated rings. The molecule has 1 N–H and O–H groups in total. The lowest BCUT2D eigenvalue weighted by atomic mass is 9.99. The molecule has 4 aromatic rings. The third-order valence-electron chi connectivity index (χ3n) is 4.84. The summed E-state index contributed by atoms with van der Waals surface area (Å²) in [7, 11) is 4.62. The van der Waals surface area contributed by atoms with Crippen LogP contribution in [0.5, 0.6) is 17.2 Å². The predicted octanol–water partition coefficient (Wildman–Crippen LogP) is 3.59. The first-order valence-electron chi connectivity index (χ1n) is 8.92. The molecule has 0 amide bonds. The van der Waals surface area contributed by atoms with Gasteiger partial charge < -0.3 is 28.5 Å². The van der Waals surface area contributed by atoms with Gasteiger partial charge in [-0.2, -0.15) is 0 Å². The predicted molar refractivity (Wildman–Crippen MR) is 109 cm³/mol. The molecule has 0 saturated heterocycles. The number of rotatable bonds is 6. The van der Waals surface area contributed by atoms with Crippen LogP contribution in [-0.4, -0.2) is 33.2 Å². The van der Waals surface area contributed by atoms with Crippen molar-refractivity contribution in [3.8, 4) is 17.2 Å². The lowest BCUT2D eigenvalue weighted by Gasteiger charge is -2.15. The number of hydrogen-bond acceptors (Lipinski definition) is 7. The van der Waals surface area contributed by atoms with E-state index in [1.165, 1.54) is 14.2 Å². The number of aliphatic hydroxyl groups is 1. The molecule has 4 rings (SSSR count). The van der Waals surface area contributed by atoms with Gasteiger partial charge in [0.05, 0.1) is 31.6 Å². The minimum absolute atomic E-state index is 0.0692. The molecule has 0 atom stereocenters. The van der Waals surface area contributed by atoms with Crippen molar-refractivity contribution < 1.29 is 28.5 Å². The van der Waals surface area contributed by atoms with Gasteiger partial charge in [0, 0.05) is 23.3 Å². The van der Waals surface area contributed by atoms with Crippen LogP contribution >= 0.6 is 0 Å². The van der Waals surface area contributed by atoms with Crippen LogP contribution in [0.4, 0.5) is 0 Å². The van der Waals surface area contributed by atoms with Crippen molar-refractivity contribution in [3.05, 3.63) is 52.4 Å². The van der Waals surface area contributed by atoms with Crippen molar-refractivity contribution >= 4 is 32.5 Å². The highest BCUT2D eigenvalue weighted by molar-refractivity contribution is 6.18. The quantitative estimate of drug-likeness (QED) is 0.303. The monoisotopic (exact) mass is 396 g/mol. The molecule has 0 unspecified atom stereocenters. The fourth-order valence-corrected chi connectivity index (χ4v) is 3.60. The van der Waals surface area contributed by atoms with Crippen molar-refractivity contribution in [2.45, 2.75) is 6.61 Å². The second-order valence-corrected chi connectivity index (χ2v) is 6.45. The highest BCUT2D eigenvalue weighted by atomic mass is 16.7. The molecule has 1 heterocycles. The number of methoxy groups -OCH3 is 3. The van der Waals surface area contributed by atoms with E-state index >= 15 is 0 Å². The third-order valence-corrected chi connectivity index (χ3v) is 4.84. The lowest BCUT2D eigenvalue weighted by molar-refractivity contribution is 0.0521. The Balaban J connectivity index is 2.20. The number of ether oxygens (including phenoxy) is 4. The van der Waals surface area contributed by atoms with Gasteiger partial charge in [0.1, 0.15) is 22.8 Å². The van der Waals surface area contributed by atoms with E-state index in [0.29, 0.717) is 55.3 Å². The topological polar surface area (TPSA) is 87.4 Å². The Morgan fingerprint density at radius 2 is 1.66 bits per heavy atom. The molecular weight excluding hydrogens is 376 g/mol. The van der Waals surface area contributed by atoms with Crippen LogP contribution in [0.1, 0.15) is 5.56 Å². The SMILES string of the molecule is COCOc1cccc2c1c(OC)cc1c2oc(=O)c2cc(CO)cc(OC)c21. The van der Waals surface area contributed by atoms with Gasteiger partial charge in [-0.25, -0.2) is 4.79 Å². The van der Waals surface area contributed by atoms with Crippen LogP contribution < -0.4 is 19.8 Å². The Labute approximate surface area is 166 Å². The fraction of sp³-hybridized carbons (Fsp3) is 0.227. The van der Waals surface area contributed by atoms with E-state index in [-0.39, 0.29) is 13.4 Å². The Bertz CT molecular complexity index is 1270. The van der Waals surface area contributed by atoms with Crippen LogP contribution in [0.25, 0.3) is 32.5 Å². The molecule has 7 heteroatoms. The van der Waals surface area contributed by atoms with E-state index in [2.05, 4.69) is 0 Å². The summed E-state index contributed by atoms with van der Waals surface area (Å²) in [6.45, 7) is -0.148. The zero-order valence-electron chi connectivity index (χ0n) is 16.3. The van der Waals surface area contributed by atoms with Crippen LogP contribution in [0.15, 0.2) is 45.6 Å². The molecule has 0 aliphatic rings. The summed E-state index contributed by atoms with van der Waals surface area (Å²) in [4.78, 5) is 12.8. The lowest BCUT2D eigenvalue weighted by Crippen LogP contribution is -2.04. The molecule has 0 aliphatic carbocycles. The van der Waals surface area contributed by atoms with E-state index < -0.39 is 5.63 Å². The highest BCUT2D eigenvalue weighted by Gasteiger charge is 2.20. The summed E-state index contributed by atoms with van der Waals surface area (Å²) in [5.41, 5.74) is 0.441. The maximum absolute atomic E-state index is 12.8. The molecule has 7 nitrogen and oxygen atoms in total. The normalized spacial score (nSPS) is 11.3. The number of aliphatic hydroxyl groups excluding tert-OH is 1. The van der Waals surface area contributed by atoms with Gasteiger partial charge in [0.15, 0.2) is 6.79 Å². The maximum atomic E-state index is 12.8. The zero-order valence-corrected chi connectivity index (χ0v) is 16.3. The molecule has 0 radical (unpaired) electrons. The molecule has 29 heavy (non-hydrogen) atoms. The van der Waals surface area contributed by atoms with Gasteiger partial charge in [0.2, 0.25) is 0 Å². The second-order valence-electron chi connectivity index (χ2n) is 6.45. The van der Waals surface area contributed by atoms with E-state index in [4.69, 9.17) is 23.4 Å². The Morgan fingerprint density at radius 3 is 2.34 bits per heavy atom. The average Bonchev–Trinajstić information content (AvgIpc) is 2.76. The zero-order chi connectivity index (χ0) is 20.5. The van der Waals surface area contributed by atoms with Crippen molar-refractivity contribution in [2.24, 2.45) is 0 Å². The first-order valence-corrected chi connectivity index (χ1v) is 8.92. The van der Waals surface area contributed by atoms with E-state index in [0.717, 1.165) is 0 Å². The van der Waals surface area contributed by atoms with Crippen molar-refractivity contribution in [3.63, 3.8) is 0 Å². The smallest absolute Gasteiger partial charge is 0.344 e. The molecule has 150 valence electrons. The van der Waals surface area contributed by atoms with Gasteiger partial charge in [-0.1, -0.05) is 12.1 Å². The van der Waals surface area contributed by atoms with Crippen LogP contribution in [0.3, 0.4) is 0 Å². The van der Waals surface area contributed by atoms with Crippen molar-refractivity contribution in [2.75, 3.05) is 28.1 Å². The largest absolute Gasteiger partial charge is 0.496 e. The van der Waals surface area contributed by atoms with Crippen molar-refractivity contribution in [1.82, 2.24) is 0 Å². The molecule has 3 aromatic carbocycles. The maximum Gasteiger partial charge on any atom is 0.344 e. The Kier molecular flexibility index (Phi) is 5.00. The summed E-state index contributed by atoms with van der Waals surface area (Å²) in [6, 6.07) is 10.5. The average molecular weight is 396 g/mol. The van der Waals surface area contributed by atoms with Gasteiger partial charge in [-0.05, 0) is 29.8 Å². The molecule has 0 spiro atoms. The van der Waals surface area contributed by atoms with E-state index in [9.17, 15) is 9.90 Å². The second kappa shape index (κ2) is 7.62. The minimum atomic E-state index is -0.518. The minimum Gasteiger partial charge on any atom is -0.496 e. The first-order chi connectivity index (χ1) is 14.1. The van der Waals surface area contributed by atoms with Crippen molar-refractivity contribution in [1.29, 1.82) is 0 Å². The third kappa shape index (κ3) is 3.04. The molecule has 0 bridgehead atoms. The number of hydrogen-bond donors (Lipinski definition) is 1. The van der Waals surface area contributed by atoms with E-state index in [1.807, 2.05) is 12.1 Å². The summed E-state index contributed by atoms with van der Waals surface area (Å²) in [5.74, 6) is 1.58. The van der Waals surface area contributed by atoms with Gasteiger partial charge in [0.25, 0.3) is 0 Å². The Morgan fingerprint density at radius 1 is 0.897 bits per heavy atom. The molecule has 0 saturated carbocycles. The van der Waals surface area contributed by atoms with Crippen LogP contribution in [0, 0.1) is 0 Å². The molecule has 1 aromatic heterocycles. The summed E-state index contributed by atoms with van der Waals surface area (Å²) < 4.78 is 27.6. The summed E-state index contributed by atoms with van der Waals surface area (Å²) in [6.07, 6.45) is 0. The molecule has 0 aliphatic heterocycles. The van der Waals surface area contributed by atoms with Gasteiger partial charge >= 0.3 is 5.63 Å². The van der Waals surface area contributed by atoms with Crippen LogP contribution in [0.2, 0.25) is 0 Å². The van der Waals surface area contributed by atoms with Gasteiger partial charge in [-0.15, -0.1) is 0 Å². The number of fused-ring (bicyclic) bond motifs is 5. The summed E-state index contributed by atoms with van der Waals surface area (Å²) >= 11 is 0. The standard InChI is InChI=1S/C22H20O7/c1-25-11-28-16-6-4-5-13-20(16)18(27-3)9-14-19-15(22(24)29-21(13)14)7-12(10-23)8-17(19)26-2/h4-9,23H,10-11H2,1-3H3. The van der Waals surface area contributed by atoms with Gasteiger partial charge in [-0.3, -0.25) is 0 Å². The summed E-state index contributed by atoms with van der Waals surface area (Å²) in [5, 5.41) is 12.4. The number of benzene rings is 3. The van der Waals surface area contributed by atoms with E-state index in [1.54, 1.807) is 31.4 Å². The fourth-order valence-electron chi connectivity index (χ4n) is 3.60. The van der Waals surface area contributed by atoms with Crippen LogP contribution in [-0.2, 0) is 11.3 Å². The first kappa shape index (κ1) is 19.0. The molecular formula is C22H20O7.